The van der Waals surface area contributed by atoms with Crippen LogP contribution in [-0.4, -0.2) is 5.71 Å². The molecule has 0 aliphatic rings. The van der Waals surface area contributed by atoms with Crippen molar-refractivity contribution in [3.63, 3.8) is 0 Å². The van der Waals surface area contributed by atoms with Crippen molar-refractivity contribution in [1.82, 2.24) is 0 Å². The van der Waals surface area contributed by atoms with E-state index in [4.69, 9.17) is 0 Å². The van der Waals surface area contributed by atoms with E-state index >= 15 is 0 Å². The predicted octanol–water partition coefficient (Wildman–Crippen LogP) is 4.14. The molecule has 0 aliphatic carbocycles. The van der Waals surface area contributed by atoms with Crippen LogP contribution in [0.25, 0.3) is 0 Å². The van der Waals surface area contributed by atoms with Crippen molar-refractivity contribution in [2.75, 3.05) is 0 Å². The molecule has 0 aromatic heterocycles. The SMILES string of the molecule is C=CC(/N=C(/C)C(C)C)=C(C)\C=C/C. The number of hydrogen-bond acceptors (Lipinski definition) is 1. The lowest BCUT2D eigenvalue weighted by atomic mass is 10.1. The Bertz CT molecular complexity index is 278. The summed E-state index contributed by atoms with van der Waals surface area (Å²) < 4.78 is 0. The Morgan fingerprint density at radius 2 is 1.86 bits per heavy atom. The van der Waals surface area contributed by atoms with Crippen LogP contribution < -0.4 is 0 Å². The summed E-state index contributed by atoms with van der Waals surface area (Å²) in [7, 11) is 0. The zero-order valence-corrected chi connectivity index (χ0v) is 9.96. The second kappa shape index (κ2) is 6.36. The summed E-state index contributed by atoms with van der Waals surface area (Å²) in [5.74, 6) is 0.489. The Morgan fingerprint density at radius 1 is 1.29 bits per heavy atom. The van der Waals surface area contributed by atoms with Crippen LogP contribution in [0.4, 0.5) is 0 Å². The van der Waals surface area contributed by atoms with Crippen LogP contribution in [0.3, 0.4) is 0 Å². The van der Waals surface area contributed by atoms with Gasteiger partial charge in [-0.05, 0) is 38.3 Å². The third kappa shape index (κ3) is 4.22. The highest BCUT2D eigenvalue weighted by atomic mass is 14.8. The molecule has 0 radical (unpaired) electrons. The van der Waals surface area contributed by atoms with Gasteiger partial charge in [0.15, 0.2) is 0 Å². The molecule has 0 unspecified atom stereocenters. The summed E-state index contributed by atoms with van der Waals surface area (Å²) in [4.78, 5) is 4.54. The Kier molecular flexibility index (Phi) is 5.86. The molecule has 0 rings (SSSR count). The van der Waals surface area contributed by atoms with Gasteiger partial charge in [-0.1, -0.05) is 32.6 Å². The number of nitrogens with zero attached hydrogens (tertiary/aromatic N) is 1. The summed E-state index contributed by atoms with van der Waals surface area (Å²) in [6.45, 7) is 14.2. The maximum atomic E-state index is 4.54. The van der Waals surface area contributed by atoms with Gasteiger partial charge in [-0.25, -0.2) is 0 Å². The molecule has 0 aliphatic heterocycles. The van der Waals surface area contributed by atoms with Crippen LogP contribution in [0.1, 0.15) is 34.6 Å². The molecule has 0 spiro atoms. The first kappa shape index (κ1) is 12.9. The normalized spacial score (nSPS) is 14.9. The lowest BCUT2D eigenvalue weighted by Gasteiger charge is -2.05. The largest absolute Gasteiger partial charge is 0.258 e. The van der Waals surface area contributed by atoms with Crippen LogP contribution in [0.2, 0.25) is 0 Å². The number of rotatable bonds is 4. The van der Waals surface area contributed by atoms with E-state index < -0.39 is 0 Å². The maximum absolute atomic E-state index is 4.54. The van der Waals surface area contributed by atoms with E-state index in [1.54, 1.807) is 6.08 Å². The summed E-state index contributed by atoms with van der Waals surface area (Å²) in [5.41, 5.74) is 3.26. The first-order chi connectivity index (χ1) is 6.52. The fraction of sp³-hybridized carbons (Fsp3) is 0.462. The van der Waals surface area contributed by atoms with Gasteiger partial charge in [-0.15, -0.1) is 0 Å². The van der Waals surface area contributed by atoms with Gasteiger partial charge >= 0.3 is 0 Å². The molecule has 78 valence electrons. The molecule has 0 fully saturated rings. The molecule has 0 saturated carbocycles. The molecule has 0 aromatic carbocycles. The van der Waals surface area contributed by atoms with E-state index in [1.165, 1.54) is 0 Å². The lowest BCUT2D eigenvalue weighted by Crippen LogP contribution is -2.02. The zero-order valence-electron chi connectivity index (χ0n) is 9.96. The Hall–Kier alpha value is -1.11. The molecule has 0 N–H and O–H groups in total. The third-order valence-corrected chi connectivity index (χ3v) is 2.15. The minimum Gasteiger partial charge on any atom is -0.258 e. The fourth-order valence-corrected chi connectivity index (χ4v) is 0.949. The lowest BCUT2D eigenvalue weighted by molar-refractivity contribution is 0.876. The second-order valence-electron chi connectivity index (χ2n) is 3.68. The molecule has 14 heavy (non-hydrogen) atoms. The van der Waals surface area contributed by atoms with E-state index in [0.717, 1.165) is 17.0 Å². The van der Waals surface area contributed by atoms with Gasteiger partial charge in [-0.3, -0.25) is 4.99 Å². The summed E-state index contributed by atoms with van der Waals surface area (Å²) in [6.07, 6.45) is 5.87. The minimum atomic E-state index is 0.489. The van der Waals surface area contributed by atoms with Gasteiger partial charge in [0.25, 0.3) is 0 Å². The first-order valence-corrected chi connectivity index (χ1v) is 5.04. The van der Waals surface area contributed by atoms with Crippen molar-refractivity contribution in [2.24, 2.45) is 10.9 Å². The van der Waals surface area contributed by atoms with Crippen LogP contribution in [0, 0.1) is 5.92 Å². The number of hydrogen-bond donors (Lipinski definition) is 0. The van der Waals surface area contributed by atoms with Crippen LogP contribution in [0.5, 0.6) is 0 Å². The van der Waals surface area contributed by atoms with Crippen molar-refractivity contribution in [3.05, 3.63) is 36.1 Å². The Balaban J connectivity index is 5.01. The van der Waals surface area contributed by atoms with Gasteiger partial charge < -0.3 is 0 Å². The molecule has 0 atom stereocenters. The Morgan fingerprint density at radius 3 is 2.21 bits per heavy atom. The molecule has 0 amide bonds. The van der Waals surface area contributed by atoms with Gasteiger partial charge in [0.05, 0.1) is 5.70 Å². The van der Waals surface area contributed by atoms with E-state index in [2.05, 4.69) is 32.3 Å². The van der Waals surface area contributed by atoms with Crippen LogP contribution >= 0.6 is 0 Å². The summed E-state index contributed by atoms with van der Waals surface area (Å²) >= 11 is 0. The van der Waals surface area contributed by atoms with Crippen molar-refractivity contribution >= 4 is 5.71 Å². The Labute approximate surface area is 87.9 Å². The number of allylic oxidation sites excluding steroid dienone is 4. The van der Waals surface area contributed by atoms with E-state index in [9.17, 15) is 0 Å². The quantitative estimate of drug-likeness (QED) is 0.468. The zero-order chi connectivity index (χ0) is 11.1. The predicted molar refractivity (Wildman–Crippen MR) is 65.7 cm³/mol. The highest BCUT2D eigenvalue weighted by molar-refractivity contribution is 5.85. The fourth-order valence-electron chi connectivity index (χ4n) is 0.949. The molecular formula is C13H21N. The summed E-state index contributed by atoms with van der Waals surface area (Å²) in [5, 5.41) is 0. The van der Waals surface area contributed by atoms with Crippen molar-refractivity contribution in [2.45, 2.75) is 34.6 Å². The van der Waals surface area contributed by atoms with Gasteiger partial charge in [0.2, 0.25) is 0 Å². The monoisotopic (exact) mass is 191 g/mol. The van der Waals surface area contributed by atoms with Crippen LogP contribution in [0.15, 0.2) is 41.1 Å². The molecule has 1 heteroatoms. The average Bonchev–Trinajstić information content (AvgIpc) is 2.13. The molecule has 1 nitrogen and oxygen atoms in total. The highest BCUT2D eigenvalue weighted by Gasteiger charge is 1.99. The smallest absolute Gasteiger partial charge is 0.0652 e. The van der Waals surface area contributed by atoms with E-state index in [-0.39, 0.29) is 0 Å². The molecular weight excluding hydrogens is 170 g/mol. The van der Waals surface area contributed by atoms with Crippen molar-refractivity contribution in [3.8, 4) is 0 Å². The highest BCUT2D eigenvalue weighted by Crippen LogP contribution is 2.11. The molecule has 0 bridgehead atoms. The van der Waals surface area contributed by atoms with Gasteiger partial charge in [0, 0.05) is 5.71 Å². The van der Waals surface area contributed by atoms with E-state index in [1.807, 2.05) is 26.0 Å². The summed E-state index contributed by atoms with van der Waals surface area (Å²) in [6, 6.07) is 0. The topological polar surface area (TPSA) is 12.4 Å². The average molecular weight is 191 g/mol. The minimum absolute atomic E-state index is 0.489. The van der Waals surface area contributed by atoms with Gasteiger partial charge in [-0.2, -0.15) is 0 Å². The number of aliphatic imine (C=N–C) groups is 1. The molecule has 0 aromatic rings. The second-order valence-corrected chi connectivity index (χ2v) is 3.68. The maximum Gasteiger partial charge on any atom is 0.0652 e. The van der Waals surface area contributed by atoms with Crippen molar-refractivity contribution < 1.29 is 0 Å². The first-order valence-electron chi connectivity index (χ1n) is 5.04. The van der Waals surface area contributed by atoms with E-state index in [0.29, 0.717) is 5.92 Å². The molecule has 0 heterocycles. The van der Waals surface area contributed by atoms with Crippen LogP contribution in [-0.2, 0) is 0 Å². The standard InChI is InChI=1S/C13H21N/c1-7-9-11(5)13(8-2)14-12(6)10(3)4/h7-10H,2H2,1,3-6H3/b9-7-,13-11+,14-12-. The third-order valence-electron chi connectivity index (χ3n) is 2.15. The van der Waals surface area contributed by atoms with Crippen molar-refractivity contribution in [1.29, 1.82) is 0 Å². The molecule has 0 saturated heterocycles. The van der Waals surface area contributed by atoms with Gasteiger partial charge in [0.1, 0.15) is 0 Å².